The van der Waals surface area contributed by atoms with E-state index in [2.05, 4.69) is 20.5 Å². The van der Waals surface area contributed by atoms with Gasteiger partial charge >= 0.3 is 0 Å². The van der Waals surface area contributed by atoms with Crippen LogP contribution in [0.1, 0.15) is 21.7 Å². The van der Waals surface area contributed by atoms with Gasteiger partial charge in [-0.2, -0.15) is 4.98 Å². The van der Waals surface area contributed by atoms with E-state index in [1.54, 1.807) is 13.8 Å². The zero-order valence-corrected chi connectivity index (χ0v) is 12.2. The van der Waals surface area contributed by atoms with Crippen molar-refractivity contribution < 1.29 is 13.2 Å². The van der Waals surface area contributed by atoms with Crippen LogP contribution >= 0.6 is 0 Å². The van der Waals surface area contributed by atoms with Crippen molar-refractivity contribution in [2.75, 3.05) is 11.1 Å². The molecule has 1 amide bonds. The summed E-state index contributed by atoms with van der Waals surface area (Å²) in [4.78, 5) is 15.6. The summed E-state index contributed by atoms with van der Waals surface area (Å²) in [5, 5.41) is 13.6. The van der Waals surface area contributed by atoms with Gasteiger partial charge in [-0.25, -0.2) is 13.6 Å². The van der Waals surface area contributed by atoms with E-state index in [1.807, 2.05) is 0 Å². The SMILES string of the molecule is Cc1cc(S(N)(=O)=O)cc(NC(=O)c2nc(N)n[nH]2)c1C. The number of H-pyrrole nitrogens is 1. The summed E-state index contributed by atoms with van der Waals surface area (Å²) in [6.45, 7) is 3.46. The molecule has 0 atom stereocenters. The molecule has 1 heterocycles. The van der Waals surface area contributed by atoms with Crippen LogP contribution in [-0.2, 0) is 10.0 Å². The second-order valence-electron chi connectivity index (χ2n) is 4.45. The third-order valence-corrected chi connectivity index (χ3v) is 3.83. The number of nitrogen functional groups attached to an aromatic ring is 1. The number of rotatable bonds is 3. The zero-order valence-electron chi connectivity index (χ0n) is 11.3. The van der Waals surface area contributed by atoms with Crippen LogP contribution in [0.5, 0.6) is 0 Å². The van der Waals surface area contributed by atoms with Gasteiger partial charge in [0.25, 0.3) is 5.91 Å². The summed E-state index contributed by atoms with van der Waals surface area (Å²) in [5.74, 6) is -0.731. The summed E-state index contributed by atoms with van der Waals surface area (Å²) in [5.41, 5.74) is 7.02. The number of aromatic amines is 1. The fraction of sp³-hybridized carbons (Fsp3) is 0.182. The molecule has 21 heavy (non-hydrogen) atoms. The van der Waals surface area contributed by atoms with Crippen LogP contribution in [-0.4, -0.2) is 29.5 Å². The van der Waals surface area contributed by atoms with Gasteiger partial charge in [-0.3, -0.25) is 9.89 Å². The normalized spacial score (nSPS) is 11.4. The summed E-state index contributed by atoms with van der Waals surface area (Å²) in [6.07, 6.45) is 0. The van der Waals surface area contributed by atoms with Gasteiger partial charge < -0.3 is 11.1 Å². The van der Waals surface area contributed by atoms with Gasteiger partial charge in [0.15, 0.2) is 0 Å². The van der Waals surface area contributed by atoms with Gasteiger partial charge in [-0.05, 0) is 37.1 Å². The molecule has 0 saturated carbocycles. The highest BCUT2D eigenvalue weighted by Gasteiger charge is 2.16. The van der Waals surface area contributed by atoms with E-state index >= 15 is 0 Å². The van der Waals surface area contributed by atoms with Gasteiger partial charge in [-0.1, -0.05) is 0 Å². The van der Waals surface area contributed by atoms with Crippen molar-refractivity contribution in [3.8, 4) is 0 Å². The first-order chi connectivity index (χ1) is 9.68. The standard InChI is InChI=1S/C11H14N6O3S/c1-5-3-7(21(13,19)20)4-8(6(5)2)14-10(18)9-15-11(12)17-16-9/h3-4H,1-2H3,(H,14,18)(H2,13,19,20)(H3,12,15,16,17). The van der Waals surface area contributed by atoms with Crippen molar-refractivity contribution in [1.29, 1.82) is 0 Å². The Hall–Kier alpha value is -2.46. The van der Waals surface area contributed by atoms with E-state index in [1.165, 1.54) is 12.1 Å². The third-order valence-electron chi connectivity index (χ3n) is 2.94. The Labute approximate surface area is 120 Å². The maximum absolute atomic E-state index is 12.0. The van der Waals surface area contributed by atoms with Crippen LogP contribution in [0.4, 0.5) is 11.6 Å². The van der Waals surface area contributed by atoms with E-state index in [0.717, 1.165) is 0 Å². The zero-order chi connectivity index (χ0) is 15.8. The molecule has 2 aromatic rings. The first-order valence-corrected chi connectivity index (χ1v) is 7.36. The molecule has 0 unspecified atom stereocenters. The van der Waals surface area contributed by atoms with Crippen LogP contribution in [0, 0.1) is 13.8 Å². The first-order valence-electron chi connectivity index (χ1n) is 5.82. The highest BCUT2D eigenvalue weighted by molar-refractivity contribution is 7.89. The average Bonchev–Trinajstić information content (AvgIpc) is 2.80. The predicted octanol–water partition coefficient (Wildman–Crippen LogP) is -0.0966. The van der Waals surface area contributed by atoms with Crippen molar-refractivity contribution in [3.05, 3.63) is 29.1 Å². The number of carbonyl (C=O) groups excluding carboxylic acids is 1. The fourth-order valence-corrected chi connectivity index (χ4v) is 2.30. The van der Waals surface area contributed by atoms with Crippen LogP contribution < -0.4 is 16.2 Å². The molecule has 112 valence electrons. The average molecular weight is 310 g/mol. The van der Waals surface area contributed by atoms with Gasteiger partial charge in [0.05, 0.1) is 4.90 Å². The number of benzene rings is 1. The lowest BCUT2D eigenvalue weighted by Crippen LogP contribution is -2.17. The lowest BCUT2D eigenvalue weighted by Gasteiger charge is -2.11. The summed E-state index contributed by atoms with van der Waals surface area (Å²) in [7, 11) is -3.87. The molecule has 10 heteroatoms. The number of nitrogens with two attached hydrogens (primary N) is 2. The van der Waals surface area contributed by atoms with Crippen molar-refractivity contribution >= 4 is 27.6 Å². The molecule has 1 aromatic carbocycles. The third kappa shape index (κ3) is 3.17. The van der Waals surface area contributed by atoms with Gasteiger partial charge in [0, 0.05) is 5.69 Å². The van der Waals surface area contributed by atoms with E-state index < -0.39 is 15.9 Å². The summed E-state index contributed by atoms with van der Waals surface area (Å²) in [6, 6.07) is 2.72. The molecule has 0 bridgehead atoms. The second-order valence-corrected chi connectivity index (χ2v) is 6.02. The molecular weight excluding hydrogens is 296 g/mol. The Bertz CT molecular complexity index is 811. The summed E-state index contributed by atoms with van der Waals surface area (Å²) >= 11 is 0. The summed E-state index contributed by atoms with van der Waals surface area (Å²) < 4.78 is 22.9. The molecule has 9 nitrogen and oxygen atoms in total. The molecule has 0 aliphatic carbocycles. The minimum atomic E-state index is -3.87. The highest BCUT2D eigenvalue weighted by atomic mass is 32.2. The number of aryl methyl sites for hydroxylation is 1. The molecular formula is C11H14N6O3S. The molecule has 1 aromatic heterocycles. The molecule has 2 rings (SSSR count). The number of primary sulfonamides is 1. The monoisotopic (exact) mass is 310 g/mol. The van der Waals surface area contributed by atoms with Crippen molar-refractivity contribution in [2.24, 2.45) is 5.14 Å². The fourth-order valence-electron chi connectivity index (χ4n) is 1.68. The lowest BCUT2D eigenvalue weighted by atomic mass is 10.1. The minimum Gasteiger partial charge on any atom is -0.366 e. The van der Waals surface area contributed by atoms with Crippen molar-refractivity contribution in [2.45, 2.75) is 18.7 Å². The molecule has 0 aliphatic heterocycles. The minimum absolute atomic E-state index is 0.0636. The number of hydrogen-bond donors (Lipinski definition) is 4. The topological polar surface area (TPSA) is 157 Å². The van der Waals surface area contributed by atoms with Gasteiger partial charge in [0.1, 0.15) is 0 Å². The molecule has 6 N–H and O–H groups in total. The van der Waals surface area contributed by atoms with E-state index in [4.69, 9.17) is 10.9 Å². The van der Waals surface area contributed by atoms with Crippen LogP contribution in [0.15, 0.2) is 17.0 Å². The Morgan fingerprint density at radius 3 is 2.52 bits per heavy atom. The highest BCUT2D eigenvalue weighted by Crippen LogP contribution is 2.23. The predicted molar refractivity (Wildman–Crippen MR) is 76.0 cm³/mol. The Balaban J connectivity index is 2.40. The molecule has 0 spiro atoms. The Morgan fingerprint density at radius 2 is 2.00 bits per heavy atom. The van der Waals surface area contributed by atoms with Crippen LogP contribution in [0.2, 0.25) is 0 Å². The first kappa shape index (κ1) is 14.9. The molecule has 0 saturated heterocycles. The van der Waals surface area contributed by atoms with E-state index in [9.17, 15) is 13.2 Å². The number of anilines is 2. The number of carbonyl (C=O) groups is 1. The lowest BCUT2D eigenvalue weighted by molar-refractivity contribution is 0.101. The Morgan fingerprint density at radius 1 is 1.33 bits per heavy atom. The number of aromatic nitrogens is 3. The smallest absolute Gasteiger partial charge is 0.293 e. The van der Waals surface area contributed by atoms with Crippen molar-refractivity contribution in [3.63, 3.8) is 0 Å². The number of hydrogen-bond acceptors (Lipinski definition) is 6. The molecule has 0 fully saturated rings. The maximum Gasteiger partial charge on any atom is 0.293 e. The number of nitrogens with zero attached hydrogens (tertiary/aromatic N) is 2. The number of amides is 1. The van der Waals surface area contributed by atoms with Gasteiger partial charge in [0.2, 0.25) is 21.8 Å². The quantitative estimate of drug-likeness (QED) is 0.620. The van der Waals surface area contributed by atoms with E-state index in [-0.39, 0.29) is 16.7 Å². The van der Waals surface area contributed by atoms with Gasteiger partial charge in [-0.15, -0.1) is 5.10 Å². The molecule has 0 aliphatic rings. The second kappa shape index (κ2) is 5.14. The number of nitrogens with one attached hydrogen (secondary N) is 2. The maximum atomic E-state index is 12.0. The van der Waals surface area contributed by atoms with Crippen LogP contribution in [0.25, 0.3) is 0 Å². The largest absolute Gasteiger partial charge is 0.366 e. The number of sulfonamides is 1. The van der Waals surface area contributed by atoms with Crippen molar-refractivity contribution in [1.82, 2.24) is 15.2 Å². The van der Waals surface area contributed by atoms with E-state index in [0.29, 0.717) is 16.8 Å². The molecule has 0 radical (unpaired) electrons. The Kier molecular flexibility index (Phi) is 3.66. The van der Waals surface area contributed by atoms with Crippen LogP contribution in [0.3, 0.4) is 0 Å².